The van der Waals surface area contributed by atoms with E-state index in [2.05, 4.69) is 26.1 Å². The molecular formula is C14H23N2OZr-. The summed E-state index contributed by atoms with van der Waals surface area (Å²) in [5, 5.41) is 2.88. The maximum Gasteiger partial charge on any atom is 0.251 e. The standard InChI is InChI=1S/C14H21NO.H2N.Zr/c1-7-15-14(16)13-11(5)9(3)8(2)10(4)12(13)6;;/h7H2,1-6H3,(H,15,16);1H2;/q;-1;. The maximum atomic E-state index is 12.0. The fourth-order valence-electron chi connectivity index (χ4n) is 2.09. The van der Waals surface area contributed by atoms with Crippen LogP contribution in [0.1, 0.15) is 45.1 Å². The summed E-state index contributed by atoms with van der Waals surface area (Å²) in [6.07, 6.45) is 0. The number of amides is 1. The van der Waals surface area contributed by atoms with Crippen LogP contribution in [0.3, 0.4) is 0 Å². The van der Waals surface area contributed by atoms with Gasteiger partial charge in [-0.3, -0.25) is 4.79 Å². The van der Waals surface area contributed by atoms with E-state index in [0.29, 0.717) is 6.54 Å². The molecule has 4 heteroatoms. The molecule has 1 rings (SSSR count). The van der Waals surface area contributed by atoms with Crippen molar-refractivity contribution in [2.45, 2.75) is 41.5 Å². The van der Waals surface area contributed by atoms with Gasteiger partial charge in [0.05, 0.1) is 0 Å². The molecule has 1 aromatic carbocycles. The van der Waals surface area contributed by atoms with E-state index in [-0.39, 0.29) is 38.3 Å². The van der Waals surface area contributed by atoms with Gasteiger partial charge in [0, 0.05) is 38.3 Å². The summed E-state index contributed by atoms with van der Waals surface area (Å²) < 4.78 is 0. The molecular weight excluding hydrogens is 303 g/mol. The smallest absolute Gasteiger partial charge is 0.251 e. The van der Waals surface area contributed by atoms with Crippen LogP contribution < -0.4 is 5.32 Å². The largest absolute Gasteiger partial charge is 0.693 e. The van der Waals surface area contributed by atoms with E-state index in [9.17, 15) is 4.79 Å². The summed E-state index contributed by atoms with van der Waals surface area (Å²) in [7, 11) is 0. The second-order valence-electron chi connectivity index (χ2n) is 4.36. The fourth-order valence-corrected chi connectivity index (χ4v) is 2.09. The van der Waals surface area contributed by atoms with E-state index < -0.39 is 0 Å². The molecule has 1 amide bonds. The minimum atomic E-state index is 0. The Bertz CT molecular complexity index is 413. The van der Waals surface area contributed by atoms with Crippen LogP contribution in [0.15, 0.2) is 0 Å². The third-order valence-corrected chi connectivity index (χ3v) is 3.56. The molecule has 0 aliphatic heterocycles. The Balaban J connectivity index is 0. The summed E-state index contributed by atoms with van der Waals surface area (Å²) in [5.74, 6) is 0.0451. The molecule has 0 atom stereocenters. The Morgan fingerprint density at radius 2 is 1.22 bits per heavy atom. The maximum absolute atomic E-state index is 12.0. The van der Waals surface area contributed by atoms with Gasteiger partial charge in [0.25, 0.3) is 5.91 Å². The number of hydrogen-bond acceptors (Lipinski definition) is 1. The van der Waals surface area contributed by atoms with Crippen LogP contribution >= 0.6 is 0 Å². The third-order valence-electron chi connectivity index (χ3n) is 3.56. The number of benzene rings is 1. The number of nitrogens with one attached hydrogen (secondary N) is 1. The first kappa shape index (κ1) is 19.9. The normalized spacial score (nSPS) is 9.22. The average Bonchev–Trinajstić information content (AvgIpc) is 2.24. The van der Waals surface area contributed by atoms with Crippen molar-refractivity contribution in [3.63, 3.8) is 0 Å². The molecule has 0 saturated carbocycles. The zero-order chi connectivity index (χ0) is 12.5. The quantitative estimate of drug-likeness (QED) is 0.885. The molecule has 0 spiro atoms. The van der Waals surface area contributed by atoms with Crippen molar-refractivity contribution in [1.82, 2.24) is 5.32 Å². The molecule has 0 saturated heterocycles. The molecule has 0 heterocycles. The number of hydrogen-bond donors (Lipinski definition) is 1. The zero-order valence-electron chi connectivity index (χ0n) is 12.2. The molecule has 0 aliphatic carbocycles. The van der Waals surface area contributed by atoms with Crippen molar-refractivity contribution in [3.05, 3.63) is 39.5 Å². The molecule has 1 aromatic rings. The Labute approximate surface area is 129 Å². The van der Waals surface area contributed by atoms with Gasteiger partial charge in [0.1, 0.15) is 0 Å². The Hall–Kier alpha value is -0.467. The molecule has 0 unspecified atom stereocenters. The minimum Gasteiger partial charge on any atom is -0.693 e. The van der Waals surface area contributed by atoms with E-state index in [0.717, 1.165) is 16.7 Å². The second kappa shape index (κ2) is 7.86. The summed E-state index contributed by atoms with van der Waals surface area (Å²) in [4.78, 5) is 12.0. The molecule has 0 aromatic heterocycles. The van der Waals surface area contributed by atoms with Crippen molar-refractivity contribution in [1.29, 1.82) is 0 Å². The van der Waals surface area contributed by atoms with Crippen molar-refractivity contribution in [2.75, 3.05) is 6.54 Å². The monoisotopic (exact) mass is 325 g/mol. The molecule has 0 fully saturated rings. The first-order valence-corrected chi connectivity index (χ1v) is 5.76. The molecule has 3 nitrogen and oxygen atoms in total. The van der Waals surface area contributed by atoms with E-state index >= 15 is 0 Å². The van der Waals surface area contributed by atoms with Crippen molar-refractivity contribution < 1.29 is 31.0 Å². The summed E-state index contributed by atoms with van der Waals surface area (Å²) >= 11 is 0. The summed E-state index contributed by atoms with van der Waals surface area (Å²) in [5.41, 5.74) is 6.80. The number of carbonyl (C=O) groups is 1. The van der Waals surface area contributed by atoms with Crippen LogP contribution in [-0.2, 0) is 26.2 Å². The van der Waals surface area contributed by atoms with Gasteiger partial charge in [-0.1, -0.05) is 0 Å². The Morgan fingerprint density at radius 3 is 1.56 bits per heavy atom. The van der Waals surface area contributed by atoms with Crippen molar-refractivity contribution >= 4 is 5.91 Å². The van der Waals surface area contributed by atoms with E-state index in [4.69, 9.17) is 0 Å². The summed E-state index contributed by atoms with van der Waals surface area (Å²) in [6, 6.07) is 0. The van der Waals surface area contributed by atoms with Crippen LogP contribution in [0.2, 0.25) is 0 Å². The van der Waals surface area contributed by atoms with Crippen molar-refractivity contribution in [3.8, 4) is 0 Å². The number of nitrogens with two attached hydrogens (primary N) is 1. The van der Waals surface area contributed by atoms with Crippen LogP contribution in [0, 0.1) is 34.6 Å². The Kier molecular flexibility index (Phi) is 8.67. The second-order valence-corrected chi connectivity index (χ2v) is 4.36. The molecule has 0 radical (unpaired) electrons. The van der Waals surface area contributed by atoms with Crippen LogP contribution in [0.25, 0.3) is 6.15 Å². The van der Waals surface area contributed by atoms with Crippen LogP contribution in [0.4, 0.5) is 0 Å². The fraction of sp³-hybridized carbons (Fsp3) is 0.500. The van der Waals surface area contributed by atoms with Crippen LogP contribution in [0.5, 0.6) is 0 Å². The molecule has 18 heavy (non-hydrogen) atoms. The van der Waals surface area contributed by atoms with E-state index in [1.54, 1.807) is 0 Å². The van der Waals surface area contributed by atoms with Gasteiger partial charge >= 0.3 is 0 Å². The molecule has 0 bridgehead atoms. The van der Waals surface area contributed by atoms with Gasteiger partial charge in [0.2, 0.25) is 0 Å². The van der Waals surface area contributed by atoms with Gasteiger partial charge < -0.3 is 11.5 Å². The van der Waals surface area contributed by atoms with E-state index in [1.165, 1.54) is 16.7 Å². The SMILES string of the molecule is CCNC(=O)c1c(C)c(C)c(C)c(C)c1C.[NH2-].[Zr]. The Morgan fingerprint density at radius 1 is 0.889 bits per heavy atom. The zero-order valence-corrected chi connectivity index (χ0v) is 14.7. The number of rotatable bonds is 2. The first-order valence-electron chi connectivity index (χ1n) is 5.76. The van der Waals surface area contributed by atoms with Gasteiger partial charge in [0.15, 0.2) is 0 Å². The molecule has 100 valence electrons. The third kappa shape index (κ3) is 3.52. The van der Waals surface area contributed by atoms with Crippen molar-refractivity contribution in [2.24, 2.45) is 0 Å². The number of carbonyl (C=O) groups excluding carboxylic acids is 1. The minimum absolute atomic E-state index is 0. The predicted molar refractivity (Wildman–Crippen MR) is 73.4 cm³/mol. The first-order chi connectivity index (χ1) is 7.41. The molecule has 0 aliphatic rings. The van der Waals surface area contributed by atoms with E-state index in [1.807, 2.05) is 20.8 Å². The summed E-state index contributed by atoms with van der Waals surface area (Å²) in [6.45, 7) is 12.9. The topological polar surface area (TPSA) is 62.6 Å². The van der Waals surface area contributed by atoms with Gasteiger partial charge in [-0.15, -0.1) is 0 Å². The van der Waals surface area contributed by atoms with Crippen LogP contribution in [-0.4, -0.2) is 12.5 Å². The average molecular weight is 327 g/mol. The predicted octanol–water partition coefficient (Wildman–Crippen LogP) is 3.69. The van der Waals surface area contributed by atoms with Gasteiger partial charge in [-0.05, 0) is 69.4 Å². The van der Waals surface area contributed by atoms with Gasteiger partial charge in [-0.2, -0.15) is 0 Å². The molecule has 3 N–H and O–H groups in total. The van der Waals surface area contributed by atoms with Gasteiger partial charge in [-0.25, -0.2) is 0 Å².